The van der Waals surface area contributed by atoms with Crippen LogP contribution in [0.25, 0.3) is 10.8 Å². The third-order valence-corrected chi connectivity index (χ3v) is 4.45. The summed E-state index contributed by atoms with van der Waals surface area (Å²) in [7, 11) is 0. The average molecular weight is 379 g/mol. The normalized spacial score (nSPS) is 10.9. The summed E-state index contributed by atoms with van der Waals surface area (Å²) in [6.45, 7) is 3.76. The van der Waals surface area contributed by atoms with E-state index in [9.17, 15) is 0 Å². The standard InChI is InChI=1S/C20H27BrO2/c1-2-3-8-15-22-19-12-13-20(23-16-9-4-7-14-21)18-11-6-5-10-17(18)19/h5-6,10-13H,2-4,7-9,14-16H2,1H3. The van der Waals surface area contributed by atoms with Crippen LogP contribution in [0.1, 0.15) is 45.4 Å². The van der Waals surface area contributed by atoms with Gasteiger partial charge < -0.3 is 9.47 Å². The summed E-state index contributed by atoms with van der Waals surface area (Å²) in [4.78, 5) is 0. The van der Waals surface area contributed by atoms with E-state index < -0.39 is 0 Å². The Morgan fingerprint density at radius 3 is 1.83 bits per heavy atom. The van der Waals surface area contributed by atoms with E-state index in [-0.39, 0.29) is 0 Å². The molecule has 0 fully saturated rings. The van der Waals surface area contributed by atoms with Gasteiger partial charge in [0.15, 0.2) is 0 Å². The number of unbranched alkanes of at least 4 members (excludes halogenated alkanes) is 4. The lowest BCUT2D eigenvalue weighted by Crippen LogP contribution is -2.00. The highest BCUT2D eigenvalue weighted by Gasteiger charge is 2.07. The van der Waals surface area contributed by atoms with Gasteiger partial charge in [-0.05, 0) is 37.8 Å². The van der Waals surface area contributed by atoms with Gasteiger partial charge in [0.25, 0.3) is 0 Å². The molecular formula is C20H27BrO2. The summed E-state index contributed by atoms with van der Waals surface area (Å²) in [5.41, 5.74) is 0. The van der Waals surface area contributed by atoms with Crippen molar-refractivity contribution in [2.75, 3.05) is 18.5 Å². The molecule has 0 saturated heterocycles. The Morgan fingerprint density at radius 1 is 0.739 bits per heavy atom. The lowest BCUT2D eigenvalue weighted by Gasteiger charge is -2.13. The van der Waals surface area contributed by atoms with Gasteiger partial charge in [0, 0.05) is 16.1 Å². The van der Waals surface area contributed by atoms with E-state index in [0.717, 1.165) is 53.7 Å². The quantitative estimate of drug-likeness (QED) is 0.334. The van der Waals surface area contributed by atoms with E-state index in [4.69, 9.17) is 9.47 Å². The Hall–Kier alpha value is -1.22. The van der Waals surface area contributed by atoms with Crippen LogP contribution >= 0.6 is 15.9 Å². The molecule has 126 valence electrons. The molecule has 2 rings (SSSR count). The minimum atomic E-state index is 0.772. The van der Waals surface area contributed by atoms with Crippen LogP contribution in [0, 0.1) is 0 Å². The Morgan fingerprint density at radius 2 is 1.30 bits per heavy atom. The van der Waals surface area contributed by atoms with Gasteiger partial charge in [-0.2, -0.15) is 0 Å². The smallest absolute Gasteiger partial charge is 0.127 e. The van der Waals surface area contributed by atoms with Gasteiger partial charge in [-0.3, -0.25) is 0 Å². The van der Waals surface area contributed by atoms with Crippen LogP contribution in [0.15, 0.2) is 36.4 Å². The Labute approximate surface area is 148 Å². The monoisotopic (exact) mass is 378 g/mol. The molecule has 0 spiro atoms. The zero-order valence-corrected chi connectivity index (χ0v) is 15.6. The molecule has 0 aromatic heterocycles. The number of benzene rings is 2. The summed E-state index contributed by atoms with van der Waals surface area (Å²) in [6, 6.07) is 12.4. The van der Waals surface area contributed by atoms with Gasteiger partial charge in [-0.1, -0.05) is 60.0 Å². The Balaban J connectivity index is 2.02. The van der Waals surface area contributed by atoms with Gasteiger partial charge in [-0.15, -0.1) is 0 Å². The summed E-state index contributed by atoms with van der Waals surface area (Å²) >= 11 is 3.46. The fourth-order valence-electron chi connectivity index (χ4n) is 2.59. The summed E-state index contributed by atoms with van der Waals surface area (Å²) in [6.07, 6.45) is 7.03. The van der Waals surface area contributed by atoms with Crippen LogP contribution in [0.5, 0.6) is 11.5 Å². The Kier molecular flexibility index (Phi) is 8.30. The molecule has 0 aliphatic rings. The number of hydrogen-bond acceptors (Lipinski definition) is 2. The average Bonchev–Trinajstić information content (AvgIpc) is 2.59. The predicted octanol–water partition coefficient (Wildman–Crippen LogP) is 6.35. The summed E-state index contributed by atoms with van der Waals surface area (Å²) < 4.78 is 12.0. The van der Waals surface area contributed by atoms with E-state index in [1.165, 1.54) is 25.7 Å². The number of hydrogen-bond donors (Lipinski definition) is 0. The number of fused-ring (bicyclic) bond motifs is 1. The van der Waals surface area contributed by atoms with E-state index in [1.54, 1.807) is 0 Å². The molecule has 2 aromatic carbocycles. The fourth-order valence-corrected chi connectivity index (χ4v) is 2.98. The molecule has 2 nitrogen and oxygen atoms in total. The molecule has 23 heavy (non-hydrogen) atoms. The lowest BCUT2D eigenvalue weighted by atomic mass is 10.1. The Bertz CT molecular complexity index is 583. The SMILES string of the molecule is CCCCCOc1ccc(OCCCCCBr)c2ccccc12. The number of alkyl halides is 1. The largest absolute Gasteiger partial charge is 0.493 e. The number of rotatable bonds is 11. The molecule has 3 heteroatoms. The van der Waals surface area contributed by atoms with Crippen molar-refractivity contribution >= 4 is 26.7 Å². The molecular weight excluding hydrogens is 352 g/mol. The minimum absolute atomic E-state index is 0.772. The van der Waals surface area contributed by atoms with E-state index in [2.05, 4.69) is 47.1 Å². The summed E-state index contributed by atoms with van der Waals surface area (Å²) in [5, 5.41) is 3.35. The second kappa shape index (κ2) is 10.5. The molecule has 0 unspecified atom stereocenters. The maximum absolute atomic E-state index is 5.99. The molecule has 0 heterocycles. The second-order valence-electron chi connectivity index (χ2n) is 5.76. The van der Waals surface area contributed by atoms with Gasteiger partial charge in [0.2, 0.25) is 0 Å². The summed E-state index contributed by atoms with van der Waals surface area (Å²) in [5.74, 6) is 1.92. The van der Waals surface area contributed by atoms with Crippen molar-refractivity contribution in [1.29, 1.82) is 0 Å². The van der Waals surface area contributed by atoms with Gasteiger partial charge in [-0.25, -0.2) is 0 Å². The first kappa shape index (κ1) is 18.1. The van der Waals surface area contributed by atoms with E-state index >= 15 is 0 Å². The zero-order chi connectivity index (χ0) is 16.3. The van der Waals surface area contributed by atoms with Gasteiger partial charge in [0.1, 0.15) is 11.5 Å². The van der Waals surface area contributed by atoms with Crippen molar-refractivity contribution in [3.8, 4) is 11.5 Å². The molecule has 0 bridgehead atoms. The van der Waals surface area contributed by atoms with E-state index in [1.807, 2.05) is 12.1 Å². The fraction of sp³-hybridized carbons (Fsp3) is 0.500. The predicted molar refractivity (Wildman–Crippen MR) is 102 cm³/mol. The van der Waals surface area contributed by atoms with Crippen molar-refractivity contribution in [3.63, 3.8) is 0 Å². The number of ether oxygens (including phenoxy) is 2. The highest BCUT2D eigenvalue weighted by atomic mass is 79.9. The highest BCUT2D eigenvalue weighted by Crippen LogP contribution is 2.33. The molecule has 0 radical (unpaired) electrons. The van der Waals surface area contributed by atoms with Crippen molar-refractivity contribution in [1.82, 2.24) is 0 Å². The van der Waals surface area contributed by atoms with Crippen molar-refractivity contribution in [2.45, 2.75) is 45.4 Å². The molecule has 0 amide bonds. The minimum Gasteiger partial charge on any atom is -0.493 e. The molecule has 0 saturated carbocycles. The van der Waals surface area contributed by atoms with Gasteiger partial charge in [0.05, 0.1) is 13.2 Å². The van der Waals surface area contributed by atoms with Crippen molar-refractivity contribution < 1.29 is 9.47 Å². The molecule has 0 aliphatic heterocycles. The maximum atomic E-state index is 5.99. The third kappa shape index (κ3) is 5.72. The van der Waals surface area contributed by atoms with Crippen LogP contribution in [-0.2, 0) is 0 Å². The van der Waals surface area contributed by atoms with Crippen LogP contribution in [0.4, 0.5) is 0 Å². The van der Waals surface area contributed by atoms with Crippen molar-refractivity contribution in [3.05, 3.63) is 36.4 Å². The lowest BCUT2D eigenvalue weighted by molar-refractivity contribution is 0.303. The maximum Gasteiger partial charge on any atom is 0.127 e. The first-order valence-corrected chi connectivity index (χ1v) is 9.82. The highest BCUT2D eigenvalue weighted by molar-refractivity contribution is 9.09. The van der Waals surface area contributed by atoms with E-state index in [0.29, 0.717) is 0 Å². The third-order valence-electron chi connectivity index (χ3n) is 3.89. The van der Waals surface area contributed by atoms with Crippen molar-refractivity contribution in [2.24, 2.45) is 0 Å². The van der Waals surface area contributed by atoms with Crippen LogP contribution in [0.3, 0.4) is 0 Å². The molecule has 0 N–H and O–H groups in total. The van der Waals surface area contributed by atoms with Crippen LogP contribution in [-0.4, -0.2) is 18.5 Å². The molecule has 2 aromatic rings. The first-order valence-electron chi connectivity index (χ1n) is 8.70. The van der Waals surface area contributed by atoms with Crippen LogP contribution < -0.4 is 9.47 Å². The topological polar surface area (TPSA) is 18.5 Å². The molecule has 0 aliphatic carbocycles. The second-order valence-corrected chi connectivity index (χ2v) is 6.55. The molecule has 0 atom stereocenters. The first-order chi connectivity index (χ1) is 11.4. The zero-order valence-electron chi connectivity index (χ0n) is 14.0. The van der Waals surface area contributed by atoms with Crippen LogP contribution in [0.2, 0.25) is 0 Å². The van der Waals surface area contributed by atoms with Gasteiger partial charge >= 0.3 is 0 Å². The number of halogens is 1.